The van der Waals surface area contributed by atoms with Gasteiger partial charge in [0.2, 0.25) is 5.91 Å². The van der Waals surface area contributed by atoms with Crippen molar-refractivity contribution < 1.29 is 13.2 Å². The van der Waals surface area contributed by atoms with Gasteiger partial charge in [-0.25, -0.2) is 8.42 Å². The average Bonchev–Trinajstić information content (AvgIpc) is 2.87. The summed E-state index contributed by atoms with van der Waals surface area (Å²) in [5.74, 6) is -0.257. The fourth-order valence-electron chi connectivity index (χ4n) is 4.48. The zero-order chi connectivity index (χ0) is 24.4. The van der Waals surface area contributed by atoms with E-state index in [1.165, 1.54) is 4.31 Å². The lowest BCUT2D eigenvalue weighted by Crippen LogP contribution is -2.44. The summed E-state index contributed by atoms with van der Waals surface area (Å²) in [5.41, 5.74) is 5.02. The van der Waals surface area contributed by atoms with Crippen molar-refractivity contribution in [2.75, 3.05) is 10.8 Å². The first-order valence-corrected chi connectivity index (χ1v) is 13.0. The van der Waals surface area contributed by atoms with E-state index in [-0.39, 0.29) is 17.3 Å². The SMILES string of the molecule is Cc1ccc2c(c1)-c1ccccc1S(=O)(=O)N2CC(=O)N(Cc1ccccc1)Cc1ccccc1. The molecule has 35 heavy (non-hydrogen) atoms. The highest BCUT2D eigenvalue weighted by molar-refractivity contribution is 7.93. The summed E-state index contributed by atoms with van der Waals surface area (Å²) < 4.78 is 28.6. The summed E-state index contributed by atoms with van der Waals surface area (Å²) in [6, 6.07) is 32.1. The molecule has 4 aromatic carbocycles. The molecule has 0 aromatic heterocycles. The number of anilines is 1. The van der Waals surface area contributed by atoms with Crippen LogP contribution in [0.2, 0.25) is 0 Å². The molecule has 4 aromatic rings. The van der Waals surface area contributed by atoms with Crippen LogP contribution in [0.3, 0.4) is 0 Å². The molecule has 0 spiro atoms. The fraction of sp³-hybridized carbons (Fsp3) is 0.138. The predicted molar refractivity (Wildman–Crippen MR) is 138 cm³/mol. The van der Waals surface area contributed by atoms with Gasteiger partial charge < -0.3 is 4.90 Å². The summed E-state index contributed by atoms with van der Waals surface area (Å²) in [6.45, 7) is 2.48. The first kappa shape index (κ1) is 22.9. The van der Waals surface area contributed by atoms with Crippen LogP contribution in [-0.2, 0) is 27.9 Å². The van der Waals surface area contributed by atoms with Gasteiger partial charge in [-0.1, -0.05) is 90.5 Å². The number of rotatable bonds is 6. The van der Waals surface area contributed by atoms with Crippen LogP contribution in [0.1, 0.15) is 16.7 Å². The first-order valence-electron chi connectivity index (χ1n) is 11.5. The summed E-state index contributed by atoms with van der Waals surface area (Å²) in [4.78, 5) is 15.7. The van der Waals surface area contributed by atoms with Gasteiger partial charge in [0.1, 0.15) is 6.54 Å². The molecule has 0 radical (unpaired) electrons. The molecule has 0 N–H and O–H groups in total. The average molecular weight is 483 g/mol. The second kappa shape index (κ2) is 9.39. The minimum atomic E-state index is -3.90. The van der Waals surface area contributed by atoms with E-state index in [1.807, 2.05) is 91.9 Å². The second-order valence-corrected chi connectivity index (χ2v) is 10.6. The van der Waals surface area contributed by atoms with E-state index in [0.717, 1.165) is 22.3 Å². The first-order chi connectivity index (χ1) is 16.9. The van der Waals surface area contributed by atoms with Gasteiger partial charge in [-0.2, -0.15) is 0 Å². The lowest BCUT2D eigenvalue weighted by atomic mass is 10.0. The van der Waals surface area contributed by atoms with Crippen LogP contribution in [-0.4, -0.2) is 25.8 Å². The molecule has 0 saturated heterocycles. The molecule has 1 amide bonds. The highest BCUT2D eigenvalue weighted by Crippen LogP contribution is 2.43. The van der Waals surface area contributed by atoms with E-state index in [0.29, 0.717) is 24.3 Å². The number of sulfonamides is 1. The number of carbonyl (C=O) groups excluding carboxylic acids is 1. The Morgan fingerprint density at radius 3 is 1.94 bits per heavy atom. The Hall–Kier alpha value is -3.90. The maximum atomic E-state index is 13.7. The van der Waals surface area contributed by atoms with E-state index in [1.54, 1.807) is 23.1 Å². The normalized spacial score (nSPS) is 13.6. The predicted octanol–water partition coefficient (Wildman–Crippen LogP) is 5.40. The molecule has 0 fully saturated rings. The van der Waals surface area contributed by atoms with Gasteiger partial charge in [0.15, 0.2) is 0 Å². The minimum Gasteiger partial charge on any atom is -0.332 e. The smallest absolute Gasteiger partial charge is 0.265 e. The van der Waals surface area contributed by atoms with Crippen molar-refractivity contribution >= 4 is 21.6 Å². The van der Waals surface area contributed by atoms with Crippen molar-refractivity contribution in [3.63, 3.8) is 0 Å². The minimum absolute atomic E-state index is 0.226. The number of hydrogen-bond acceptors (Lipinski definition) is 3. The summed E-state index contributed by atoms with van der Waals surface area (Å²) in [5, 5.41) is 0. The van der Waals surface area contributed by atoms with Crippen molar-refractivity contribution in [3.8, 4) is 11.1 Å². The van der Waals surface area contributed by atoms with Crippen molar-refractivity contribution in [3.05, 3.63) is 120 Å². The van der Waals surface area contributed by atoms with Gasteiger partial charge in [0.25, 0.3) is 10.0 Å². The van der Waals surface area contributed by atoms with Crippen molar-refractivity contribution in [1.29, 1.82) is 0 Å². The van der Waals surface area contributed by atoms with Crippen molar-refractivity contribution in [2.45, 2.75) is 24.9 Å². The van der Waals surface area contributed by atoms with Crippen LogP contribution in [0.4, 0.5) is 5.69 Å². The molecule has 0 aliphatic carbocycles. The van der Waals surface area contributed by atoms with Crippen molar-refractivity contribution in [2.24, 2.45) is 0 Å². The number of fused-ring (bicyclic) bond motifs is 3. The summed E-state index contributed by atoms with van der Waals surface area (Å²) in [7, 11) is -3.90. The molecule has 1 aliphatic rings. The number of amides is 1. The molecule has 0 saturated carbocycles. The number of nitrogens with zero attached hydrogens (tertiary/aromatic N) is 2. The largest absolute Gasteiger partial charge is 0.332 e. The van der Waals surface area contributed by atoms with Crippen LogP contribution in [0.15, 0.2) is 108 Å². The number of carbonyl (C=O) groups is 1. The Labute approximate surface area is 206 Å². The standard InChI is InChI=1S/C29H26N2O3S/c1-22-16-17-27-26(18-22)25-14-8-9-15-28(25)35(33,34)31(27)21-29(32)30(19-23-10-4-2-5-11-23)20-24-12-6-3-7-13-24/h2-18H,19-21H2,1H3. The Kier molecular flexibility index (Phi) is 6.14. The van der Waals surface area contributed by atoms with Gasteiger partial charge in [-0.15, -0.1) is 0 Å². The van der Waals surface area contributed by atoms with Gasteiger partial charge in [0.05, 0.1) is 10.6 Å². The van der Waals surface area contributed by atoms with E-state index in [4.69, 9.17) is 0 Å². The van der Waals surface area contributed by atoms with Crippen LogP contribution in [0.5, 0.6) is 0 Å². The van der Waals surface area contributed by atoms with E-state index < -0.39 is 10.0 Å². The zero-order valence-electron chi connectivity index (χ0n) is 19.5. The molecular formula is C29H26N2O3S. The quantitative estimate of drug-likeness (QED) is 0.370. The van der Waals surface area contributed by atoms with Gasteiger partial charge >= 0.3 is 0 Å². The fourth-order valence-corrected chi connectivity index (χ4v) is 6.12. The Morgan fingerprint density at radius 1 is 0.743 bits per heavy atom. The molecule has 6 heteroatoms. The third-order valence-corrected chi connectivity index (χ3v) is 8.05. The van der Waals surface area contributed by atoms with Crippen LogP contribution >= 0.6 is 0 Å². The second-order valence-electron chi connectivity index (χ2n) is 8.75. The highest BCUT2D eigenvalue weighted by Gasteiger charge is 2.36. The third kappa shape index (κ3) is 4.57. The monoisotopic (exact) mass is 482 g/mol. The molecule has 0 atom stereocenters. The summed E-state index contributed by atoms with van der Waals surface area (Å²) >= 11 is 0. The maximum absolute atomic E-state index is 13.7. The molecule has 5 nitrogen and oxygen atoms in total. The maximum Gasteiger partial charge on any atom is 0.265 e. The van der Waals surface area contributed by atoms with Crippen LogP contribution in [0, 0.1) is 6.92 Å². The third-order valence-electron chi connectivity index (χ3n) is 6.23. The van der Waals surface area contributed by atoms with E-state index >= 15 is 0 Å². The Bertz CT molecular complexity index is 1430. The van der Waals surface area contributed by atoms with E-state index in [2.05, 4.69) is 0 Å². The molecule has 0 bridgehead atoms. The number of aryl methyl sites for hydroxylation is 1. The van der Waals surface area contributed by atoms with Crippen LogP contribution < -0.4 is 4.31 Å². The van der Waals surface area contributed by atoms with Gasteiger partial charge in [-0.05, 0) is 36.2 Å². The Balaban J connectivity index is 1.52. The highest BCUT2D eigenvalue weighted by atomic mass is 32.2. The lowest BCUT2D eigenvalue weighted by Gasteiger charge is -2.33. The number of benzene rings is 4. The topological polar surface area (TPSA) is 57.7 Å². The molecular weight excluding hydrogens is 456 g/mol. The lowest BCUT2D eigenvalue weighted by molar-refractivity contribution is -0.130. The Morgan fingerprint density at radius 2 is 1.31 bits per heavy atom. The van der Waals surface area contributed by atoms with Crippen LogP contribution in [0.25, 0.3) is 11.1 Å². The van der Waals surface area contributed by atoms with E-state index in [9.17, 15) is 13.2 Å². The van der Waals surface area contributed by atoms with Gasteiger partial charge in [0, 0.05) is 24.2 Å². The molecule has 0 unspecified atom stereocenters. The molecule has 176 valence electrons. The summed E-state index contributed by atoms with van der Waals surface area (Å²) in [6.07, 6.45) is 0. The molecule has 1 heterocycles. The van der Waals surface area contributed by atoms with Gasteiger partial charge in [-0.3, -0.25) is 9.10 Å². The molecule has 1 aliphatic heterocycles. The number of hydrogen-bond donors (Lipinski definition) is 0. The van der Waals surface area contributed by atoms with Crippen molar-refractivity contribution in [1.82, 2.24) is 4.90 Å². The molecule has 5 rings (SSSR count). The zero-order valence-corrected chi connectivity index (χ0v) is 20.3.